The summed E-state index contributed by atoms with van der Waals surface area (Å²) in [6, 6.07) is 14.3. The molecule has 1 aromatic heterocycles. The van der Waals surface area contributed by atoms with Gasteiger partial charge in [-0.1, -0.05) is 18.2 Å². The minimum atomic E-state index is -3.96. The second-order valence-corrected chi connectivity index (χ2v) is 9.06. The molecule has 0 bridgehead atoms. The molecule has 11 nitrogen and oxygen atoms in total. The fraction of sp³-hybridized carbons (Fsp3) is 0.182. The molecule has 0 aliphatic rings. The van der Waals surface area contributed by atoms with Crippen LogP contribution in [0.15, 0.2) is 59.5 Å². The van der Waals surface area contributed by atoms with Crippen molar-refractivity contribution in [2.45, 2.75) is 11.8 Å². The lowest BCUT2D eigenvalue weighted by molar-refractivity contribution is -0.121. The fourth-order valence-corrected chi connectivity index (χ4v) is 3.98. The second kappa shape index (κ2) is 11.4. The molecular formula is C22H23N5O6S2. The number of hydrogen-bond donors (Lipinski definition) is 3. The highest BCUT2D eigenvalue weighted by Gasteiger charge is 2.17. The number of ether oxygens (including phenoxy) is 3. The maximum absolute atomic E-state index is 12.7. The van der Waals surface area contributed by atoms with Gasteiger partial charge in [0.2, 0.25) is 5.88 Å². The molecule has 1 amide bonds. The van der Waals surface area contributed by atoms with Gasteiger partial charge in [-0.25, -0.2) is 8.42 Å². The van der Waals surface area contributed by atoms with E-state index in [0.717, 1.165) is 5.56 Å². The number of methoxy groups -OCH3 is 2. The van der Waals surface area contributed by atoms with Crippen LogP contribution in [0.4, 0.5) is 11.5 Å². The van der Waals surface area contributed by atoms with Crippen molar-refractivity contribution in [3.63, 3.8) is 0 Å². The van der Waals surface area contributed by atoms with Gasteiger partial charge in [-0.15, -0.1) is 0 Å². The Morgan fingerprint density at radius 1 is 1.03 bits per heavy atom. The van der Waals surface area contributed by atoms with Gasteiger partial charge in [0, 0.05) is 11.8 Å². The van der Waals surface area contributed by atoms with Crippen molar-refractivity contribution in [1.29, 1.82) is 0 Å². The minimum Gasteiger partial charge on any atom is -0.483 e. The Balaban J connectivity index is 1.57. The maximum Gasteiger partial charge on any atom is 0.321 e. The summed E-state index contributed by atoms with van der Waals surface area (Å²) in [5.41, 5.74) is 1.38. The molecule has 2 aromatic carbocycles. The van der Waals surface area contributed by atoms with E-state index in [0.29, 0.717) is 11.4 Å². The third kappa shape index (κ3) is 7.25. The molecule has 0 unspecified atom stereocenters. The number of aryl methyl sites for hydroxylation is 1. The van der Waals surface area contributed by atoms with Crippen LogP contribution >= 0.6 is 12.2 Å². The van der Waals surface area contributed by atoms with Crippen LogP contribution in [0.1, 0.15) is 5.56 Å². The standard InChI is InChI=1S/C22H23N5O6S2/c1-14-6-4-5-7-17(14)33-13-19(28)25-22(34)23-15-8-10-16(11-9-15)35(29,30)27-18-12-20(31-2)26-21(24-18)32-3/h4-12H,13H2,1-3H3,(H,24,26,27)(H2,23,25,28,34). The summed E-state index contributed by atoms with van der Waals surface area (Å²) < 4.78 is 43.2. The van der Waals surface area contributed by atoms with E-state index in [1.54, 1.807) is 6.07 Å². The smallest absolute Gasteiger partial charge is 0.321 e. The third-order valence-electron chi connectivity index (χ3n) is 4.44. The highest BCUT2D eigenvalue weighted by Crippen LogP contribution is 2.21. The van der Waals surface area contributed by atoms with Gasteiger partial charge < -0.3 is 19.5 Å². The highest BCUT2D eigenvalue weighted by molar-refractivity contribution is 7.92. The molecule has 0 spiro atoms. The third-order valence-corrected chi connectivity index (χ3v) is 6.02. The number of amides is 1. The van der Waals surface area contributed by atoms with Crippen LogP contribution in [0, 0.1) is 6.92 Å². The summed E-state index contributed by atoms with van der Waals surface area (Å²) in [6.07, 6.45) is 0. The van der Waals surface area contributed by atoms with Crippen LogP contribution in [0.5, 0.6) is 17.6 Å². The molecule has 1 heterocycles. The first-order chi connectivity index (χ1) is 16.7. The predicted octanol–water partition coefficient (Wildman–Crippen LogP) is 2.50. The van der Waals surface area contributed by atoms with Crippen LogP contribution in [-0.4, -0.2) is 50.2 Å². The van der Waals surface area contributed by atoms with Crippen LogP contribution < -0.4 is 29.6 Å². The largest absolute Gasteiger partial charge is 0.483 e. The number of sulfonamides is 1. The molecule has 13 heteroatoms. The van der Waals surface area contributed by atoms with Crippen LogP contribution in [-0.2, 0) is 14.8 Å². The first-order valence-corrected chi connectivity index (χ1v) is 12.0. The number of benzene rings is 2. The molecule has 3 aromatic rings. The summed E-state index contributed by atoms with van der Waals surface area (Å²) >= 11 is 5.14. The van der Waals surface area contributed by atoms with Gasteiger partial charge in [0.1, 0.15) is 5.75 Å². The molecule has 3 N–H and O–H groups in total. The Bertz CT molecular complexity index is 1290. The predicted molar refractivity (Wildman–Crippen MR) is 133 cm³/mol. The lowest BCUT2D eigenvalue weighted by Crippen LogP contribution is -2.37. The summed E-state index contributed by atoms with van der Waals surface area (Å²) in [5.74, 6) is 0.275. The highest BCUT2D eigenvalue weighted by atomic mass is 32.2. The zero-order chi connectivity index (χ0) is 25.4. The lowest BCUT2D eigenvalue weighted by Gasteiger charge is -2.12. The molecule has 3 rings (SSSR count). The zero-order valence-electron chi connectivity index (χ0n) is 19.1. The van der Waals surface area contributed by atoms with E-state index < -0.39 is 15.9 Å². The number of anilines is 2. The van der Waals surface area contributed by atoms with Gasteiger partial charge >= 0.3 is 6.01 Å². The van der Waals surface area contributed by atoms with Crippen molar-refractivity contribution in [3.8, 4) is 17.6 Å². The van der Waals surface area contributed by atoms with E-state index in [-0.39, 0.29) is 34.3 Å². The number of carbonyl (C=O) groups is 1. The molecule has 0 aliphatic heterocycles. The van der Waals surface area contributed by atoms with E-state index in [1.807, 2.05) is 25.1 Å². The van der Waals surface area contributed by atoms with Gasteiger partial charge in [0.15, 0.2) is 17.5 Å². The molecule has 0 saturated heterocycles. The van der Waals surface area contributed by atoms with Crippen molar-refractivity contribution in [2.75, 3.05) is 30.9 Å². The van der Waals surface area contributed by atoms with Crippen LogP contribution in [0.25, 0.3) is 0 Å². The molecule has 0 saturated carbocycles. The average Bonchev–Trinajstić information content (AvgIpc) is 2.83. The molecular weight excluding hydrogens is 494 g/mol. The summed E-state index contributed by atoms with van der Waals surface area (Å²) in [6.45, 7) is 1.66. The van der Waals surface area contributed by atoms with Gasteiger partial charge in [0.25, 0.3) is 15.9 Å². The summed E-state index contributed by atoms with van der Waals surface area (Å²) in [4.78, 5) is 19.9. The molecule has 0 fully saturated rings. The second-order valence-electron chi connectivity index (χ2n) is 6.97. The molecule has 184 valence electrons. The number of nitrogens with zero attached hydrogens (tertiary/aromatic N) is 2. The van der Waals surface area contributed by atoms with E-state index in [1.165, 1.54) is 44.6 Å². The van der Waals surface area contributed by atoms with Crippen LogP contribution in [0.2, 0.25) is 0 Å². The van der Waals surface area contributed by atoms with Crippen molar-refractivity contribution in [1.82, 2.24) is 15.3 Å². The molecule has 0 radical (unpaired) electrons. The number of nitrogens with one attached hydrogen (secondary N) is 3. The number of hydrogen-bond acceptors (Lipinski definition) is 9. The Morgan fingerprint density at radius 3 is 2.40 bits per heavy atom. The van der Waals surface area contributed by atoms with E-state index in [9.17, 15) is 13.2 Å². The van der Waals surface area contributed by atoms with E-state index in [4.69, 9.17) is 26.4 Å². The molecule has 35 heavy (non-hydrogen) atoms. The summed E-state index contributed by atoms with van der Waals surface area (Å²) in [5, 5.41) is 5.36. The van der Waals surface area contributed by atoms with E-state index in [2.05, 4.69) is 25.3 Å². The number of carbonyl (C=O) groups excluding carboxylic acids is 1. The van der Waals surface area contributed by atoms with Gasteiger partial charge in [0.05, 0.1) is 19.1 Å². The maximum atomic E-state index is 12.7. The quantitative estimate of drug-likeness (QED) is 0.363. The van der Waals surface area contributed by atoms with E-state index >= 15 is 0 Å². The Kier molecular flexibility index (Phi) is 8.39. The van der Waals surface area contributed by atoms with Gasteiger partial charge in [-0.2, -0.15) is 9.97 Å². The Morgan fingerprint density at radius 2 is 1.74 bits per heavy atom. The lowest BCUT2D eigenvalue weighted by atomic mass is 10.2. The van der Waals surface area contributed by atoms with Gasteiger partial charge in [-0.3, -0.25) is 14.8 Å². The SMILES string of the molecule is COc1cc(NS(=O)(=O)c2ccc(NC(=S)NC(=O)COc3ccccc3C)cc2)nc(OC)n1. The van der Waals surface area contributed by atoms with Crippen molar-refractivity contribution < 1.29 is 27.4 Å². The Hall–Kier alpha value is -3.97. The van der Waals surface area contributed by atoms with Gasteiger partial charge in [-0.05, 0) is 55.0 Å². The number of rotatable bonds is 9. The molecule has 0 atom stereocenters. The number of aromatic nitrogens is 2. The van der Waals surface area contributed by atoms with Crippen molar-refractivity contribution in [2.24, 2.45) is 0 Å². The number of para-hydroxylation sites is 1. The average molecular weight is 518 g/mol. The Labute approximate surface area is 207 Å². The topological polar surface area (TPSA) is 141 Å². The minimum absolute atomic E-state index is 0.0206. The first kappa shape index (κ1) is 25.6. The van der Waals surface area contributed by atoms with Crippen LogP contribution in [0.3, 0.4) is 0 Å². The summed E-state index contributed by atoms with van der Waals surface area (Å²) in [7, 11) is -1.23. The first-order valence-electron chi connectivity index (χ1n) is 10.1. The van der Waals surface area contributed by atoms with Crippen molar-refractivity contribution in [3.05, 3.63) is 60.2 Å². The van der Waals surface area contributed by atoms with Crippen molar-refractivity contribution >= 4 is 44.8 Å². The number of thiocarbonyl (C=S) groups is 1. The monoisotopic (exact) mass is 517 g/mol. The normalized spacial score (nSPS) is 10.7. The fourth-order valence-electron chi connectivity index (χ4n) is 2.75. The molecule has 0 aliphatic carbocycles. The zero-order valence-corrected chi connectivity index (χ0v) is 20.7.